The average Bonchev–Trinajstić information content (AvgIpc) is 0.789. The fourth-order valence-corrected chi connectivity index (χ4v) is 14.3. The van der Waals surface area contributed by atoms with Gasteiger partial charge in [0.15, 0.2) is 37.7 Å². The number of hydrogen-bond acceptors (Lipinski definition) is 40. The van der Waals surface area contributed by atoms with Crippen molar-refractivity contribution in [2.45, 2.75) is 315 Å². The summed E-state index contributed by atoms with van der Waals surface area (Å²) in [6.45, 7) is 2.89. The molecule has 0 bridgehead atoms. The topological polar surface area (TPSA) is 600 Å². The zero-order valence-corrected chi connectivity index (χ0v) is 68.3. The van der Waals surface area contributed by atoms with E-state index in [2.05, 4.69) is 27.7 Å². The molecule has 6 fully saturated rings. The molecule has 6 heterocycles. The molecule has 0 aromatic heterocycles. The van der Waals surface area contributed by atoms with Gasteiger partial charge in [-0.25, -0.2) is 0 Å². The van der Waals surface area contributed by atoms with E-state index >= 15 is 0 Å². The van der Waals surface area contributed by atoms with Crippen LogP contribution < -0.4 is 0 Å². The van der Waals surface area contributed by atoms with E-state index in [1.807, 2.05) is 0 Å². The van der Waals surface area contributed by atoms with Gasteiger partial charge in [-0.05, 0) is 25.7 Å². The second kappa shape index (κ2) is 56.5. The molecular formula is C77H144O40. The van der Waals surface area contributed by atoms with Gasteiger partial charge in [-0.1, -0.05) is 105 Å². The van der Waals surface area contributed by atoms with Crippen LogP contribution in [-0.4, -0.2) is 443 Å². The van der Waals surface area contributed by atoms with Gasteiger partial charge >= 0.3 is 0 Å². The van der Waals surface area contributed by atoms with Crippen molar-refractivity contribution in [2.75, 3.05) is 152 Å². The molecule has 40 nitrogen and oxygen atoms in total. The molecule has 117 heavy (non-hydrogen) atoms. The average molecular weight is 1710 g/mol. The van der Waals surface area contributed by atoms with Crippen molar-refractivity contribution in [2.24, 2.45) is 23.2 Å². The predicted octanol–water partition coefficient (Wildman–Crippen LogP) is -5.82. The summed E-state index contributed by atoms with van der Waals surface area (Å²) >= 11 is 0. The molecule has 0 aliphatic carbocycles. The summed E-state index contributed by atoms with van der Waals surface area (Å²) in [5.41, 5.74) is -2.07. The lowest BCUT2D eigenvalue weighted by Crippen LogP contribution is -2.65. The summed E-state index contributed by atoms with van der Waals surface area (Å²) in [5, 5.41) is 230. The number of aliphatic hydroxyl groups excluding tert-OH is 21. The Bertz CT molecular complexity index is 2230. The Balaban J connectivity index is 1.39. The van der Waals surface area contributed by atoms with Crippen molar-refractivity contribution in [1.82, 2.24) is 0 Å². The first-order valence-corrected chi connectivity index (χ1v) is 42.0. The van der Waals surface area contributed by atoms with Crippen molar-refractivity contribution in [3.8, 4) is 0 Å². The lowest BCUT2D eigenvalue weighted by molar-refractivity contribution is -0.370. The normalized spacial score (nSPS) is 36.4. The Kier molecular flexibility index (Phi) is 50.3. The number of aliphatic hydroxyl groups is 21. The van der Waals surface area contributed by atoms with Crippen LogP contribution >= 0.6 is 0 Å². The van der Waals surface area contributed by atoms with E-state index in [4.69, 9.17) is 90.0 Å². The Morgan fingerprint density at radius 2 is 0.453 bits per heavy atom. The first-order chi connectivity index (χ1) is 56.3. The summed E-state index contributed by atoms with van der Waals surface area (Å²) in [4.78, 5) is 0. The van der Waals surface area contributed by atoms with E-state index < -0.39 is 262 Å². The molecule has 6 aliphatic heterocycles. The SMILES string of the molecule is CCCCCCOCC(COCCCCCC)COCC(COCC(COCCCCCC)COCCCCCC)COCC(CO[C@@H]1OC(CO)[C@@H](O[C@H]2OC(CO)[C@@H](O)C(O)C2O)C(O)C1O)(CO[C@@H]1OC(CO)[C@@H](O[C@H]2OC(CO)[C@@H](O)C(O)C2O)C(O)C1O)CO[C@@H]1OC(CO)[C@H](O[C@H]2OC(CO)[C@@H](O)C(O)C2O)C(O)C1O. The van der Waals surface area contributed by atoms with Gasteiger partial charge in [-0.15, -0.1) is 0 Å². The van der Waals surface area contributed by atoms with Crippen molar-refractivity contribution < 1.29 is 197 Å². The maximum Gasteiger partial charge on any atom is 0.187 e. The highest BCUT2D eigenvalue weighted by Crippen LogP contribution is 2.37. The monoisotopic (exact) mass is 1710 g/mol. The molecule has 6 rings (SSSR count). The largest absolute Gasteiger partial charge is 0.394 e. The molecule has 40 heteroatoms. The highest BCUT2D eigenvalue weighted by atomic mass is 16.8. The fraction of sp³-hybridized carbons (Fsp3) is 1.00. The van der Waals surface area contributed by atoms with Crippen LogP contribution in [0.2, 0.25) is 0 Å². The van der Waals surface area contributed by atoms with Crippen LogP contribution in [0.1, 0.15) is 130 Å². The lowest BCUT2D eigenvalue weighted by Gasteiger charge is -2.47. The van der Waals surface area contributed by atoms with E-state index in [-0.39, 0.29) is 44.9 Å². The third kappa shape index (κ3) is 32.3. The van der Waals surface area contributed by atoms with Gasteiger partial charge in [-0.3, -0.25) is 0 Å². The van der Waals surface area contributed by atoms with Crippen LogP contribution in [0.3, 0.4) is 0 Å². The number of unbranched alkanes of at least 4 members (excludes halogenated alkanes) is 12. The van der Waals surface area contributed by atoms with Gasteiger partial charge in [0, 0.05) is 44.2 Å². The number of hydrogen-bond donors (Lipinski definition) is 21. The molecule has 0 radical (unpaired) electrons. The third-order valence-corrected chi connectivity index (χ3v) is 21.7. The number of ether oxygens (including phenoxy) is 19. The quantitative estimate of drug-likeness (QED) is 0.0252. The summed E-state index contributed by atoms with van der Waals surface area (Å²) in [6, 6.07) is 0. The van der Waals surface area contributed by atoms with Crippen molar-refractivity contribution in [3.05, 3.63) is 0 Å². The minimum absolute atomic E-state index is 0.0226. The van der Waals surface area contributed by atoms with E-state index in [1.54, 1.807) is 0 Å². The Hall–Kier alpha value is -1.60. The van der Waals surface area contributed by atoms with Crippen molar-refractivity contribution >= 4 is 0 Å². The van der Waals surface area contributed by atoms with Crippen LogP contribution in [0.15, 0.2) is 0 Å². The van der Waals surface area contributed by atoms with Gasteiger partial charge in [0.2, 0.25) is 0 Å². The van der Waals surface area contributed by atoms with E-state index in [9.17, 15) is 107 Å². The first-order valence-electron chi connectivity index (χ1n) is 42.0. The second-order valence-electron chi connectivity index (χ2n) is 31.7. The molecule has 0 aromatic carbocycles. The number of rotatable bonds is 61. The highest BCUT2D eigenvalue weighted by molar-refractivity contribution is 4.99. The Labute approximate surface area is 684 Å². The van der Waals surface area contributed by atoms with Crippen molar-refractivity contribution in [3.63, 3.8) is 0 Å². The van der Waals surface area contributed by atoms with Crippen LogP contribution in [0.5, 0.6) is 0 Å². The minimum atomic E-state index is -2.19. The molecule has 0 spiro atoms. The van der Waals surface area contributed by atoms with Crippen LogP contribution in [0, 0.1) is 23.2 Å². The Morgan fingerprint density at radius 3 is 0.692 bits per heavy atom. The zero-order chi connectivity index (χ0) is 85.6. The molecule has 0 amide bonds. The second-order valence-corrected chi connectivity index (χ2v) is 31.7. The van der Waals surface area contributed by atoms with E-state index in [0.717, 1.165) is 103 Å². The van der Waals surface area contributed by atoms with E-state index in [1.165, 1.54) is 0 Å². The zero-order valence-electron chi connectivity index (χ0n) is 68.3. The maximum absolute atomic E-state index is 12.0. The van der Waals surface area contributed by atoms with Gasteiger partial charge in [0.05, 0.1) is 131 Å². The van der Waals surface area contributed by atoms with Crippen molar-refractivity contribution in [1.29, 1.82) is 0 Å². The van der Waals surface area contributed by atoms with E-state index in [0.29, 0.717) is 52.9 Å². The molecule has 18 unspecified atom stereocenters. The molecular weight excluding hydrogens is 1560 g/mol. The molecule has 21 N–H and O–H groups in total. The summed E-state index contributed by atoms with van der Waals surface area (Å²) in [6.07, 6.45) is -41.6. The third-order valence-electron chi connectivity index (χ3n) is 21.7. The molecule has 30 atom stereocenters. The smallest absolute Gasteiger partial charge is 0.187 e. The maximum atomic E-state index is 12.0. The van der Waals surface area contributed by atoms with Gasteiger partial charge in [0.1, 0.15) is 146 Å². The Morgan fingerprint density at radius 1 is 0.231 bits per heavy atom. The molecule has 6 saturated heterocycles. The summed E-state index contributed by atoms with van der Waals surface area (Å²) < 4.78 is 116. The van der Waals surface area contributed by atoms with Gasteiger partial charge < -0.3 is 197 Å². The minimum Gasteiger partial charge on any atom is -0.394 e. The highest BCUT2D eigenvalue weighted by Gasteiger charge is 2.56. The predicted molar refractivity (Wildman–Crippen MR) is 402 cm³/mol. The van der Waals surface area contributed by atoms with Crippen LogP contribution in [0.4, 0.5) is 0 Å². The molecule has 0 saturated carbocycles. The lowest BCUT2D eigenvalue weighted by atomic mass is 9.91. The van der Waals surface area contributed by atoms with Gasteiger partial charge in [0.25, 0.3) is 0 Å². The summed E-state index contributed by atoms with van der Waals surface area (Å²) in [5.74, 6) is -1.11. The fourth-order valence-electron chi connectivity index (χ4n) is 14.3. The van der Waals surface area contributed by atoms with Gasteiger partial charge in [-0.2, -0.15) is 0 Å². The molecule has 6 aliphatic rings. The molecule has 692 valence electrons. The van der Waals surface area contributed by atoms with Crippen LogP contribution in [-0.2, 0) is 90.0 Å². The first kappa shape index (κ1) is 104. The van der Waals surface area contributed by atoms with Crippen LogP contribution in [0.25, 0.3) is 0 Å². The summed E-state index contributed by atoms with van der Waals surface area (Å²) in [7, 11) is 0. The molecule has 0 aromatic rings. The standard InChI is InChI=1S/C77H144O40/c1-5-9-13-17-21-99-31-44(32-100-22-18-14-10-6-2)35-103-37-46(38-104-36-45(33-101-23-19-15-11-7-3)34-102-24-20-16-12-8-4)39-105-40-77(41-106-71-65(96)59(90)68(50(28-81)112-71)115-74-62(93)56(87)53(84)47(25-78)109-74,42-107-72-66(97)60(91)69(51(29-82)113-72)116-75-63(94)57(88)54(85)48(26-79)110-75)43-108-73-67(98)61(92)70(52(30-83)114-73)117-76-64(95)58(89)55(86)49(27-80)111-76/h44-76,78-98H,5-43H2,1-4H3/t47?,48?,49?,50?,51?,52?,53-,54-,55-,56?,57?,58?,59?,60?,61?,62?,63?,64?,65?,66?,67?,68-,69-,70+,71-,72-,73-,74-,75-,76-,77?/m1/s1.